The van der Waals surface area contributed by atoms with E-state index in [1.165, 1.54) is 12.3 Å². The minimum absolute atomic E-state index is 0.0107. The number of rotatable bonds is 9. The molecule has 7 nitrogen and oxygen atoms in total. The summed E-state index contributed by atoms with van der Waals surface area (Å²) in [5.41, 5.74) is 2.36. The molecule has 1 aliphatic rings. The van der Waals surface area contributed by atoms with Crippen LogP contribution in [0, 0.1) is 6.92 Å². The number of ketones is 1. The van der Waals surface area contributed by atoms with Crippen LogP contribution in [0.5, 0.6) is 5.88 Å². The molecule has 32 heavy (non-hydrogen) atoms. The smallest absolute Gasteiger partial charge is 0.272 e. The Morgan fingerprint density at radius 2 is 2.00 bits per heavy atom. The molecule has 0 amide bonds. The number of morpholine rings is 1. The van der Waals surface area contributed by atoms with E-state index in [2.05, 4.69) is 20.1 Å². The zero-order valence-corrected chi connectivity index (χ0v) is 19.1. The number of pyridine rings is 1. The van der Waals surface area contributed by atoms with Gasteiger partial charge in [0, 0.05) is 32.1 Å². The van der Waals surface area contributed by atoms with Crippen LogP contribution in [-0.4, -0.2) is 59.3 Å². The molecule has 3 rings (SSSR count). The van der Waals surface area contributed by atoms with Crippen LogP contribution in [0.3, 0.4) is 0 Å². The lowest BCUT2D eigenvalue weighted by molar-refractivity contribution is -0.118. The Hall–Kier alpha value is -2.39. The van der Waals surface area contributed by atoms with E-state index in [0.717, 1.165) is 30.2 Å². The fraction of sp³-hybridized carbons (Fsp3) is 0.545. The summed E-state index contributed by atoms with van der Waals surface area (Å²) in [5.74, 6) is 0.762. The minimum Gasteiger partial charge on any atom is -0.471 e. The van der Waals surface area contributed by atoms with Gasteiger partial charge < -0.3 is 14.4 Å². The van der Waals surface area contributed by atoms with Crippen LogP contribution < -0.4 is 9.64 Å². The van der Waals surface area contributed by atoms with Gasteiger partial charge in [-0.1, -0.05) is 11.6 Å². The Balaban J connectivity index is 1.53. The van der Waals surface area contributed by atoms with Crippen molar-refractivity contribution in [1.29, 1.82) is 0 Å². The number of hydrogen-bond acceptors (Lipinski definition) is 7. The highest BCUT2D eigenvalue weighted by Crippen LogP contribution is 2.24. The molecule has 1 fully saturated rings. The first-order chi connectivity index (χ1) is 15.2. The molecule has 2 atom stereocenters. The third kappa shape index (κ3) is 6.80. The zero-order valence-electron chi connectivity index (χ0n) is 18.4. The number of hydrogen-bond donors (Lipinski definition) is 0. The van der Waals surface area contributed by atoms with E-state index in [4.69, 9.17) is 21.1 Å². The van der Waals surface area contributed by atoms with Crippen LogP contribution in [-0.2, 0) is 22.4 Å². The molecule has 0 aliphatic carbocycles. The second-order valence-corrected chi connectivity index (χ2v) is 8.46. The number of halogens is 3. The summed E-state index contributed by atoms with van der Waals surface area (Å²) < 4.78 is 35.1. The molecule has 0 N–H and O–H groups in total. The first-order valence-corrected chi connectivity index (χ1v) is 10.9. The van der Waals surface area contributed by atoms with Crippen molar-refractivity contribution in [2.75, 3.05) is 24.6 Å². The Morgan fingerprint density at radius 1 is 1.28 bits per heavy atom. The maximum Gasteiger partial charge on any atom is 0.272 e. The molecule has 0 saturated carbocycles. The lowest BCUT2D eigenvalue weighted by Gasteiger charge is -2.36. The van der Waals surface area contributed by atoms with Crippen LogP contribution in [0.4, 0.5) is 14.6 Å². The van der Waals surface area contributed by atoms with Crippen molar-refractivity contribution in [3.63, 3.8) is 0 Å². The molecule has 1 aliphatic heterocycles. The molecule has 0 radical (unpaired) electrons. The Morgan fingerprint density at radius 3 is 2.62 bits per heavy atom. The summed E-state index contributed by atoms with van der Waals surface area (Å²) in [6.45, 7) is 6.82. The molecule has 0 bridgehead atoms. The van der Waals surface area contributed by atoms with E-state index in [9.17, 15) is 13.6 Å². The summed E-state index contributed by atoms with van der Waals surface area (Å²) in [7, 11) is 0. The third-order valence-electron chi connectivity index (χ3n) is 5.00. The van der Waals surface area contributed by atoms with Crippen molar-refractivity contribution in [3.8, 4) is 5.88 Å². The number of Topliss-reactive ketones (excluding diaryl/α,β-unsaturated/α-hetero) is 1. The molecule has 1 saturated heterocycles. The number of aromatic nitrogens is 3. The van der Waals surface area contributed by atoms with Crippen molar-refractivity contribution in [2.45, 2.75) is 58.7 Å². The van der Waals surface area contributed by atoms with Crippen molar-refractivity contribution in [2.24, 2.45) is 0 Å². The van der Waals surface area contributed by atoms with Gasteiger partial charge in [0.1, 0.15) is 10.8 Å². The second-order valence-electron chi connectivity index (χ2n) is 8.05. The zero-order chi connectivity index (χ0) is 23.3. The molecule has 0 aromatic carbocycles. The van der Waals surface area contributed by atoms with Crippen molar-refractivity contribution in [3.05, 3.63) is 40.2 Å². The lowest BCUT2D eigenvalue weighted by atomic mass is 10.1. The highest BCUT2D eigenvalue weighted by Gasteiger charge is 2.24. The standard InChI is InChI=1S/C22H27ClF2N4O3/c1-13-6-17(27-28-21(13)29-10-14(2)32-15(3)11-29)4-5-18(30)7-16-8-19(23)22(26-9-16)31-12-20(24)25/h6,8-9,14-15,20H,4-5,7,10-12H2,1-3H3. The van der Waals surface area contributed by atoms with Crippen LogP contribution in [0.15, 0.2) is 18.3 Å². The van der Waals surface area contributed by atoms with E-state index in [1.54, 1.807) is 0 Å². The summed E-state index contributed by atoms with van der Waals surface area (Å²) >= 11 is 6.01. The molecule has 3 heterocycles. The highest BCUT2D eigenvalue weighted by molar-refractivity contribution is 6.31. The third-order valence-corrected chi connectivity index (χ3v) is 5.27. The lowest BCUT2D eigenvalue weighted by Crippen LogP contribution is -2.46. The van der Waals surface area contributed by atoms with E-state index in [1.807, 2.05) is 26.8 Å². The first-order valence-electron chi connectivity index (χ1n) is 10.5. The summed E-state index contributed by atoms with van der Waals surface area (Å²) in [4.78, 5) is 18.5. The Labute approximate surface area is 191 Å². The van der Waals surface area contributed by atoms with Gasteiger partial charge in [-0.15, -0.1) is 5.10 Å². The van der Waals surface area contributed by atoms with Gasteiger partial charge in [-0.25, -0.2) is 13.8 Å². The molecule has 2 aromatic rings. The van der Waals surface area contributed by atoms with Crippen LogP contribution >= 0.6 is 11.6 Å². The molecule has 2 unspecified atom stereocenters. The number of alkyl halides is 2. The summed E-state index contributed by atoms with van der Waals surface area (Å²) in [5, 5.41) is 8.80. The molecular weight excluding hydrogens is 442 g/mol. The van der Waals surface area contributed by atoms with Gasteiger partial charge in [0.15, 0.2) is 12.4 Å². The van der Waals surface area contributed by atoms with Gasteiger partial charge >= 0.3 is 0 Å². The average Bonchev–Trinajstić information content (AvgIpc) is 2.71. The second kappa shape index (κ2) is 11.0. The van der Waals surface area contributed by atoms with E-state index >= 15 is 0 Å². The number of anilines is 1. The molecule has 0 spiro atoms. The average molecular weight is 469 g/mol. The molecule has 2 aromatic heterocycles. The number of ether oxygens (including phenoxy) is 2. The van der Waals surface area contributed by atoms with Gasteiger partial charge in [-0.2, -0.15) is 5.10 Å². The topological polar surface area (TPSA) is 77.4 Å². The molecule has 10 heteroatoms. The van der Waals surface area contributed by atoms with E-state index in [-0.39, 0.29) is 35.3 Å². The maximum atomic E-state index is 12.4. The normalized spacial score (nSPS) is 18.8. The minimum atomic E-state index is -2.61. The fourth-order valence-corrected chi connectivity index (χ4v) is 3.96. The van der Waals surface area contributed by atoms with Crippen molar-refractivity contribution in [1.82, 2.24) is 15.2 Å². The van der Waals surface area contributed by atoms with Crippen molar-refractivity contribution >= 4 is 23.2 Å². The number of nitrogens with zero attached hydrogens (tertiary/aromatic N) is 4. The van der Waals surface area contributed by atoms with Crippen LogP contribution in [0.25, 0.3) is 0 Å². The van der Waals surface area contributed by atoms with Gasteiger partial charge in [0.2, 0.25) is 5.88 Å². The predicted molar refractivity (Wildman–Crippen MR) is 117 cm³/mol. The largest absolute Gasteiger partial charge is 0.471 e. The predicted octanol–water partition coefficient (Wildman–Crippen LogP) is 3.84. The van der Waals surface area contributed by atoms with Gasteiger partial charge in [0.05, 0.1) is 17.9 Å². The monoisotopic (exact) mass is 468 g/mol. The van der Waals surface area contributed by atoms with Crippen LogP contribution in [0.1, 0.15) is 37.1 Å². The summed E-state index contributed by atoms with van der Waals surface area (Å²) in [6.07, 6.45) is -0.0463. The SMILES string of the molecule is Cc1cc(CCC(=O)Cc2cnc(OCC(F)F)c(Cl)c2)nnc1N1CC(C)OC(C)C1. The van der Waals surface area contributed by atoms with Gasteiger partial charge in [-0.05, 0) is 50.5 Å². The Bertz CT molecular complexity index is 937. The summed E-state index contributed by atoms with van der Waals surface area (Å²) in [6, 6.07) is 3.48. The number of carbonyl (C=O) groups excluding carboxylic acids is 1. The van der Waals surface area contributed by atoms with E-state index in [0.29, 0.717) is 18.4 Å². The number of carbonyl (C=O) groups is 1. The highest BCUT2D eigenvalue weighted by atomic mass is 35.5. The molecular formula is C22H27ClF2N4O3. The molecule has 174 valence electrons. The quantitative estimate of drug-likeness (QED) is 0.553. The fourth-order valence-electron chi connectivity index (χ4n) is 3.71. The van der Waals surface area contributed by atoms with Gasteiger partial charge in [-0.3, -0.25) is 4.79 Å². The van der Waals surface area contributed by atoms with Crippen molar-refractivity contribution < 1.29 is 23.0 Å². The first kappa shape index (κ1) is 24.3. The van der Waals surface area contributed by atoms with Crippen LogP contribution in [0.2, 0.25) is 5.02 Å². The van der Waals surface area contributed by atoms with Gasteiger partial charge in [0.25, 0.3) is 6.43 Å². The Kier molecular flexibility index (Phi) is 8.31. The van der Waals surface area contributed by atoms with E-state index < -0.39 is 13.0 Å². The maximum absolute atomic E-state index is 12.4. The number of aryl methyl sites for hydroxylation is 2.